The molecular formula is C13H15F2N3O. The number of aromatic amines is 1. The highest BCUT2D eigenvalue weighted by atomic mass is 19.3. The Morgan fingerprint density at radius 2 is 2.21 bits per heavy atom. The van der Waals surface area contributed by atoms with Crippen LogP contribution in [-0.2, 0) is 23.6 Å². The van der Waals surface area contributed by atoms with E-state index in [4.69, 9.17) is 0 Å². The highest BCUT2D eigenvalue weighted by Gasteiger charge is 2.38. The third-order valence-corrected chi connectivity index (χ3v) is 3.11. The molecule has 1 aromatic heterocycles. The average Bonchev–Trinajstić information content (AvgIpc) is 2.81. The second kappa shape index (κ2) is 5.39. The van der Waals surface area contributed by atoms with Crippen molar-refractivity contribution in [2.45, 2.75) is 38.5 Å². The van der Waals surface area contributed by atoms with E-state index in [1.165, 1.54) is 6.92 Å². The van der Waals surface area contributed by atoms with Crippen molar-refractivity contribution in [3.05, 3.63) is 17.0 Å². The summed E-state index contributed by atoms with van der Waals surface area (Å²) in [5.74, 6) is 0.647. The lowest BCUT2D eigenvalue weighted by atomic mass is 9.94. The lowest BCUT2D eigenvalue weighted by Crippen LogP contribution is -2.35. The van der Waals surface area contributed by atoms with Gasteiger partial charge in [-0.15, -0.1) is 0 Å². The van der Waals surface area contributed by atoms with E-state index in [0.29, 0.717) is 12.0 Å². The monoisotopic (exact) mass is 267 g/mol. The van der Waals surface area contributed by atoms with Gasteiger partial charge in [-0.1, -0.05) is 5.92 Å². The Bertz CT molecular complexity index is 540. The molecule has 0 radical (unpaired) electrons. The average molecular weight is 267 g/mol. The van der Waals surface area contributed by atoms with E-state index in [0.717, 1.165) is 25.0 Å². The molecule has 0 bridgehead atoms. The lowest BCUT2D eigenvalue weighted by Gasteiger charge is -2.17. The molecule has 2 rings (SSSR count). The highest BCUT2D eigenvalue weighted by molar-refractivity contribution is 5.93. The van der Waals surface area contributed by atoms with Crippen molar-refractivity contribution < 1.29 is 13.6 Å². The number of nitrogens with one attached hydrogen (secondary N) is 2. The largest absolute Gasteiger partial charge is 0.339 e. The van der Waals surface area contributed by atoms with E-state index < -0.39 is 18.4 Å². The fourth-order valence-corrected chi connectivity index (χ4v) is 2.22. The van der Waals surface area contributed by atoms with Crippen LogP contribution in [0.3, 0.4) is 0 Å². The number of amides is 1. The van der Waals surface area contributed by atoms with Crippen LogP contribution in [-0.4, -0.2) is 22.6 Å². The maximum Gasteiger partial charge on any atom is 0.308 e. The highest BCUT2D eigenvalue weighted by Crippen LogP contribution is 2.33. The number of rotatable bonds is 3. The first-order valence-corrected chi connectivity index (χ1v) is 6.19. The van der Waals surface area contributed by atoms with E-state index in [-0.39, 0.29) is 5.69 Å². The maximum absolute atomic E-state index is 14.0. The Labute approximate surface area is 110 Å². The first kappa shape index (κ1) is 13.5. The predicted molar refractivity (Wildman–Crippen MR) is 65.6 cm³/mol. The molecule has 4 nitrogen and oxygen atoms in total. The van der Waals surface area contributed by atoms with Crippen LogP contribution in [0, 0.1) is 11.8 Å². The van der Waals surface area contributed by atoms with Gasteiger partial charge in [0.1, 0.15) is 5.69 Å². The number of alkyl halides is 2. The zero-order valence-electron chi connectivity index (χ0n) is 10.6. The van der Waals surface area contributed by atoms with Gasteiger partial charge in [-0.2, -0.15) is 13.9 Å². The van der Waals surface area contributed by atoms with Gasteiger partial charge in [0, 0.05) is 11.3 Å². The topological polar surface area (TPSA) is 57.8 Å². The molecular weight excluding hydrogens is 252 g/mol. The van der Waals surface area contributed by atoms with E-state index in [1.54, 1.807) is 0 Å². The van der Waals surface area contributed by atoms with Crippen LogP contribution in [0.1, 0.15) is 36.7 Å². The van der Waals surface area contributed by atoms with Crippen molar-refractivity contribution in [2.75, 3.05) is 6.54 Å². The zero-order chi connectivity index (χ0) is 13.9. The zero-order valence-corrected chi connectivity index (χ0v) is 10.6. The fraction of sp³-hybridized carbons (Fsp3) is 0.538. The number of hydrogen-bond acceptors (Lipinski definition) is 2. The second-order valence-corrected chi connectivity index (χ2v) is 4.50. The summed E-state index contributed by atoms with van der Waals surface area (Å²) in [5, 5.41) is 8.51. The van der Waals surface area contributed by atoms with Crippen molar-refractivity contribution in [3.8, 4) is 11.8 Å². The first-order chi connectivity index (χ1) is 9.04. The summed E-state index contributed by atoms with van der Waals surface area (Å²) >= 11 is 0. The van der Waals surface area contributed by atoms with E-state index in [1.807, 2.05) is 0 Å². The molecule has 0 saturated heterocycles. The lowest BCUT2D eigenvalue weighted by molar-refractivity contribution is -0.117. The summed E-state index contributed by atoms with van der Waals surface area (Å²) in [6, 6.07) is 0. The summed E-state index contributed by atoms with van der Waals surface area (Å²) in [5.41, 5.74) is 1.15. The molecule has 1 amide bonds. The number of carbonyl (C=O) groups excluding carboxylic acids is 1. The summed E-state index contributed by atoms with van der Waals surface area (Å²) in [7, 11) is 0. The number of halogens is 2. The Kier molecular flexibility index (Phi) is 3.84. The van der Waals surface area contributed by atoms with Crippen molar-refractivity contribution in [3.63, 3.8) is 0 Å². The molecule has 0 aliphatic heterocycles. The molecule has 6 heteroatoms. The number of aryl methyl sites for hydroxylation is 1. The third kappa shape index (κ3) is 2.92. The van der Waals surface area contributed by atoms with E-state index >= 15 is 0 Å². The quantitative estimate of drug-likeness (QED) is 0.816. The van der Waals surface area contributed by atoms with Crippen LogP contribution in [0.4, 0.5) is 8.78 Å². The maximum atomic E-state index is 14.0. The molecule has 1 aliphatic rings. The second-order valence-electron chi connectivity index (χ2n) is 4.50. The van der Waals surface area contributed by atoms with Gasteiger partial charge in [0.2, 0.25) is 0 Å². The molecule has 0 saturated carbocycles. The summed E-state index contributed by atoms with van der Waals surface area (Å²) in [6.45, 7) is 0.694. The molecule has 1 heterocycles. The molecule has 1 aliphatic carbocycles. The van der Waals surface area contributed by atoms with Gasteiger partial charge in [0.25, 0.3) is 5.91 Å². The van der Waals surface area contributed by atoms with Crippen LogP contribution < -0.4 is 5.32 Å². The minimum atomic E-state index is -3.17. The number of hydrogen-bond donors (Lipinski definition) is 2. The van der Waals surface area contributed by atoms with Crippen molar-refractivity contribution in [1.29, 1.82) is 0 Å². The smallest absolute Gasteiger partial charge is 0.308 e. The Balaban J connectivity index is 2.12. The van der Waals surface area contributed by atoms with Crippen molar-refractivity contribution >= 4 is 5.91 Å². The number of aromatic nitrogens is 2. The van der Waals surface area contributed by atoms with E-state index in [9.17, 15) is 13.6 Å². The van der Waals surface area contributed by atoms with Gasteiger partial charge in [0.05, 0.1) is 6.54 Å². The first-order valence-electron chi connectivity index (χ1n) is 6.19. The SMILES string of the molecule is CC#CC(=O)NCC(F)(F)c1n[nH]c2c1CCCC2. The predicted octanol–water partition coefficient (Wildman–Crippen LogP) is 1.52. The number of nitrogens with zero attached hydrogens (tertiary/aromatic N) is 1. The number of H-pyrrole nitrogens is 1. The standard InChI is InChI=1S/C13H15F2N3O/c1-2-5-11(19)16-8-13(14,15)12-9-6-3-4-7-10(9)17-18-12/h3-4,6-8H2,1H3,(H,16,19)(H,17,18). The summed E-state index contributed by atoms with van der Waals surface area (Å²) in [6.07, 6.45) is 3.25. The molecule has 0 unspecified atom stereocenters. The molecule has 102 valence electrons. The third-order valence-electron chi connectivity index (χ3n) is 3.11. The Morgan fingerprint density at radius 1 is 1.47 bits per heavy atom. The van der Waals surface area contributed by atoms with Gasteiger partial charge < -0.3 is 5.32 Å². The number of fused-ring (bicyclic) bond motifs is 1. The molecule has 0 spiro atoms. The van der Waals surface area contributed by atoms with Crippen LogP contribution in [0.5, 0.6) is 0 Å². The van der Waals surface area contributed by atoms with Crippen LogP contribution in [0.2, 0.25) is 0 Å². The van der Waals surface area contributed by atoms with Crippen molar-refractivity contribution in [1.82, 2.24) is 15.5 Å². The molecule has 0 aromatic carbocycles. The van der Waals surface area contributed by atoms with Crippen LogP contribution >= 0.6 is 0 Å². The van der Waals surface area contributed by atoms with Gasteiger partial charge in [-0.25, -0.2) is 0 Å². The minimum absolute atomic E-state index is 0.244. The van der Waals surface area contributed by atoms with Crippen molar-refractivity contribution in [2.24, 2.45) is 0 Å². The van der Waals surface area contributed by atoms with Gasteiger partial charge in [0.15, 0.2) is 0 Å². The van der Waals surface area contributed by atoms with Gasteiger partial charge in [-0.3, -0.25) is 9.89 Å². The molecule has 2 N–H and O–H groups in total. The molecule has 0 fully saturated rings. The molecule has 1 aromatic rings. The van der Waals surface area contributed by atoms with Gasteiger partial charge >= 0.3 is 5.92 Å². The van der Waals surface area contributed by atoms with E-state index in [2.05, 4.69) is 27.4 Å². The Morgan fingerprint density at radius 3 is 2.95 bits per heavy atom. The Hall–Kier alpha value is -1.90. The van der Waals surface area contributed by atoms with Crippen LogP contribution in [0.15, 0.2) is 0 Å². The summed E-state index contributed by atoms with van der Waals surface area (Å²) in [4.78, 5) is 11.1. The number of carbonyl (C=O) groups is 1. The normalized spacial score (nSPS) is 14.3. The molecule has 19 heavy (non-hydrogen) atoms. The fourth-order valence-electron chi connectivity index (χ4n) is 2.22. The minimum Gasteiger partial charge on any atom is -0.339 e. The molecule has 0 atom stereocenters. The summed E-state index contributed by atoms with van der Waals surface area (Å²) < 4.78 is 28.1. The van der Waals surface area contributed by atoms with Crippen LogP contribution in [0.25, 0.3) is 0 Å². The van der Waals surface area contributed by atoms with Gasteiger partial charge in [-0.05, 0) is 38.5 Å².